The lowest BCUT2D eigenvalue weighted by molar-refractivity contribution is 0.146. The fourth-order valence-electron chi connectivity index (χ4n) is 2.81. The maximum Gasteiger partial charge on any atom is 0.0553 e. The minimum absolute atomic E-state index is 0.0790. The standard InChI is InChI=1S/C15H23NO/c1-15(2,11-17-3)13-8-5-4-7-12(13)14-9-6-10-16-14/h4-5,7-8,14,16H,6,9-11H2,1-3H3. The lowest BCUT2D eigenvalue weighted by atomic mass is 9.80. The van der Waals surface area contributed by atoms with Crippen molar-refractivity contribution in [2.75, 3.05) is 20.3 Å². The molecule has 1 aliphatic heterocycles. The summed E-state index contributed by atoms with van der Waals surface area (Å²) in [6.45, 7) is 6.41. The average molecular weight is 233 g/mol. The second kappa shape index (κ2) is 5.19. The van der Waals surface area contributed by atoms with Gasteiger partial charge < -0.3 is 10.1 Å². The molecule has 1 atom stereocenters. The molecule has 2 nitrogen and oxygen atoms in total. The van der Waals surface area contributed by atoms with Crippen molar-refractivity contribution in [3.05, 3.63) is 35.4 Å². The molecule has 1 N–H and O–H groups in total. The molecule has 1 aliphatic rings. The number of nitrogens with one attached hydrogen (secondary N) is 1. The number of methoxy groups -OCH3 is 1. The van der Waals surface area contributed by atoms with Gasteiger partial charge in [-0.15, -0.1) is 0 Å². The van der Waals surface area contributed by atoms with Crippen LogP contribution in [-0.4, -0.2) is 20.3 Å². The molecule has 17 heavy (non-hydrogen) atoms. The predicted molar refractivity (Wildman–Crippen MR) is 71.3 cm³/mol. The molecule has 0 amide bonds. The second-order valence-electron chi connectivity index (χ2n) is 5.55. The van der Waals surface area contributed by atoms with E-state index >= 15 is 0 Å². The first-order chi connectivity index (χ1) is 8.15. The topological polar surface area (TPSA) is 21.3 Å². The first-order valence-corrected chi connectivity index (χ1v) is 6.47. The highest BCUT2D eigenvalue weighted by atomic mass is 16.5. The molecule has 2 rings (SSSR count). The van der Waals surface area contributed by atoms with Crippen molar-refractivity contribution in [1.82, 2.24) is 5.32 Å². The third kappa shape index (κ3) is 2.70. The quantitative estimate of drug-likeness (QED) is 0.863. The van der Waals surface area contributed by atoms with Crippen LogP contribution in [-0.2, 0) is 10.2 Å². The molecule has 1 saturated heterocycles. The number of hydrogen-bond donors (Lipinski definition) is 1. The number of rotatable bonds is 4. The first kappa shape index (κ1) is 12.6. The van der Waals surface area contributed by atoms with Crippen LogP contribution >= 0.6 is 0 Å². The molecule has 0 aliphatic carbocycles. The monoisotopic (exact) mass is 233 g/mol. The molecule has 0 spiro atoms. The molecular weight excluding hydrogens is 210 g/mol. The maximum atomic E-state index is 5.36. The van der Waals surface area contributed by atoms with Crippen LogP contribution in [0.1, 0.15) is 43.9 Å². The Hall–Kier alpha value is -0.860. The summed E-state index contributed by atoms with van der Waals surface area (Å²) in [5.74, 6) is 0. The van der Waals surface area contributed by atoms with Gasteiger partial charge in [0, 0.05) is 18.6 Å². The van der Waals surface area contributed by atoms with E-state index in [1.165, 1.54) is 24.0 Å². The van der Waals surface area contributed by atoms with Gasteiger partial charge in [-0.05, 0) is 30.5 Å². The van der Waals surface area contributed by atoms with Crippen molar-refractivity contribution >= 4 is 0 Å². The van der Waals surface area contributed by atoms with Gasteiger partial charge in [0.15, 0.2) is 0 Å². The highest BCUT2D eigenvalue weighted by Gasteiger charge is 2.27. The minimum Gasteiger partial charge on any atom is -0.384 e. The van der Waals surface area contributed by atoms with Crippen LogP contribution in [0.15, 0.2) is 24.3 Å². The molecule has 1 unspecified atom stereocenters. The Morgan fingerprint density at radius 2 is 2.12 bits per heavy atom. The largest absolute Gasteiger partial charge is 0.384 e. The van der Waals surface area contributed by atoms with Crippen molar-refractivity contribution in [3.8, 4) is 0 Å². The third-order valence-electron chi connectivity index (χ3n) is 3.63. The van der Waals surface area contributed by atoms with Crippen molar-refractivity contribution in [3.63, 3.8) is 0 Å². The molecule has 0 radical (unpaired) electrons. The van der Waals surface area contributed by atoms with Crippen molar-refractivity contribution in [2.24, 2.45) is 0 Å². The molecule has 1 heterocycles. The van der Waals surface area contributed by atoms with Gasteiger partial charge in [-0.2, -0.15) is 0 Å². The summed E-state index contributed by atoms with van der Waals surface area (Å²) in [6, 6.07) is 9.30. The summed E-state index contributed by atoms with van der Waals surface area (Å²) in [7, 11) is 1.78. The highest BCUT2D eigenvalue weighted by molar-refractivity contribution is 5.36. The zero-order valence-corrected chi connectivity index (χ0v) is 11.1. The van der Waals surface area contributed by atoms with E-state index in [0.29, 0.717) is 6.04 Å². The molecule has 0 bridgehead atoms. The van der Waals surface area contributed by atoms with Gasteiger partial charge in [-0.25, -0.2) is 0 Å². The van der Waals surface area contributed by atoms with E-state index < -0.39 is 0 Å². The summed E-state index contributed by atoms with van der Waals surface area (Å²) >= 11 is 0. The predicted octanol–water partition coefficient (Wildman–Crippen LogP) is 3.04. The normalized spacial score (nSPS) is 20.8. The van der Waals surface area contributed by atoms with Crippen LogP contribution in [0.5, 0.6) is 0 Å². The molecule has 1 fully saturated rings. The van der Waals surface area contributed by atoms with E-state index in [0.717, 1.165) is 13.2 Å². The van der Waals surface area contributed by atoms with E-state index in [2.05, 4.69) is 43.4 Å². The summed E-state index contributed by atoms with van der Waals surface area (Å²) in [5.41, 5.74) is 2.95. The van der Waals surface area contributed by atoms with Crippen molar-refractivity contribution in [2.45, 2.75) is 38.1 Å². The van der Waals surface area contributed by atoms with Crippen LogP contribution in [0.4, 0.5) is 0 Å². The third-order valence-corrected chi connectivity index (χ3v) is 3.63. The van der Waals surface area contributed by atoms with Gasteiger partial charge in [0.05, 0.1) is 6.61 Å². The maximum absolute atomic E-state index is 5.36. The first-order valence-electron chi connectivity index (χ1n) is 6.47. The van der Waals surface area contributed by atoms with E-state index in [1.54, 1.807) is 7.11 Å². The van der Waals surface area contributed by atoms with Crippen LogP contribution in [0.3, 0.4) is 0 Å². The lowest BCUT2D eigenvalue weighted by Gasteiger charge is -2.29. The molecule has 0 saturated carbocycles. The van der Waals surface area contributed by atoms with Crippen molar-refractivity contribution in [1.29, 1.82) is 0 Å². The van der Waals surface area contributed by atoms with Gasteiger partial charge in [-0.3, -0.25) is 0 Å². The zero-order chi connectivity index (χ0) is 12.3. The SMILES string of the molecule is COCC(C)(C)c1ccccc1C1CCCN1. The van der Waals surface area contributed by atoms with E-state index in [-0.39, 0.29) is 5.41 Å². The number of ether oxygens (including phenoxy) is 1. The van der Waals surface area contributed by atoms with Gasteiger partial charge in [0.1, 0.15) is 0 Å². The highest BCUT2D eigenvalue weighted by Crippen LogP contribution is 2.33. The Bertz CT molecular complexity index is 367. The summed E-state index contributed by atoms with van der Waals surface area (Å²) < 4.78 is 5.36. The number of benzene rings is 1. The Labute approximate surface area is 104 Å². The average Bonchev–Trinajstić information content (AvgIpc) is 2.82. The van der Waals surface area contributed by atoms with Crippen LogP contribution < -0.4 is 5.32 Å². The van der Waals surface area contributed by atoms with Gasteiger partial charge in [0.25, 0.3) is 0 Å². The number of hydrogen-bond acceptors (Lipinski definition) is 2. The summed E-state index contributed by atoms with van der Waals surface area (Å²) in [6.07, 6.45) is 2.53. The fourth-order valence-corrected chi connectivity index (χ4v) is 2.81. The molecular formula is C15H23NO. The second-order valence-corrected chi connectivity index (χ2v) is 5.55. The van der Waals surface area contributed by atoms with Crippen LogP contribution in [0, 0.1) is 0 Å². The van der Waals surface area contributed by atoms with Crippen LogP contribution in [0.2, 0.25) is 0 Å². The molecule has 0 aromatic heterocycles. The van der Waals surface area contributed by atoms with Crippen molar-refractivity contribution < 1.29 is 4.74 Å². The van der Waals surface area contributed by atoms with Gasteiger partial charge in [0.2, 0.25) is 0 Å². The Morgan fingerprint density at radius 1 is 1.35 bits per heavy atom. The fraction of sp³-hybridized carbons (Fsp3) is 0.600. The Balaban J connectivity index is 2.32. The van der Waals surface area contributed by atoms with E-state index in [9.17, 15) is 0 Å². The lowest BCUT2D eigenvalue weighted by Crippen LogP contribution is -2.27. The van der Waals surface area contributed by atoms with E-state index in [4.69, 9.17) is 4.74 Å². The molecule has 1 aromatic carbocycles. The summed E-state index contributed by atoms with van der Waals surface area (Å²) in [4.78, 5) is 0. The molecule has 1 aromatic rings. The smallest absolute Gasteiger partial charge is 0.0553 e. The van der Waals surface area contributed by atoms with Crippen LogP contribution in [0.25, 0.3) is 0 Å². The Kier molecular flexibility index (Phi) is 3.85. The Morgan fingerprint density at radius 3 is 2.76 bits per heavy atom. The zero-order valence-electron chi connectivity index (χ0n) is 11.1. The van der Waals surface area contributed by atoms with E-state index in [1.807, 2.05) is 0 Å². The van der Waals surface area contributed by atoms with Gasteiger partial charge >= 0.3 is 0 Å². The summed E-state index contributed by atoms with van der Waals surface area (Å²) in [5, 5.41) is 3.59. The molecule has 94 valence electrons. The van der Waals surface area contributed by atoms with Gasteiger partial charge in [-0.1, -0.05) is 38.1 Å². The minimum atomic E-state index is 0.0790. The molecule has 2 heteroatoms.